The second kappa shape index (κ2) is 6.90. The van der Waals surface area contributed by atoms with E-state index in [-0.39, 0.29) is 11.7 Å². The molecule has 0 saturated heterocycles. The molecule has 130 valence electrons. The van der Waals surface area contributed by atoms with Gasteiger partial charge in [-0.15, -0.1) is 0 Å². The SMILES string of the molecule is COc1ccc(C(=O)N(c2ccc(Cl)cc2)C2C=CS(=O)(=O)C2)cc1. The molecule has 0 spiro atoms. The van der Waals surface area contributed by atoms with E-state index in [1.165, 1.54) is 11.0 Å². The number of carbonyl (C=O) groups is 1. The first-order valence-electron chi connectivity index (χ1n) is 7.54. The topological polar surface area (TPSA) is 63.7 Å². The van der Waals surface area contributed by atoms with Gasteiger partial charge in [0.05, 0.1) is 18.9 Å². The van der Waals surface area contributed by atoms with Crippen LogP contribution in [0, 0.1) is 0 Å². The molecule has 1 unspecified atom stereocenters. The van der Waals surface area contributed by atoms with E-state index in [1.807, 2.05) is 0 Å². The van der Waals surface area contributed by atoms with Crippen LogP contribution in [-0.2, 0) is 9.84 Å². The largest absolute Gasteiger partial charge is 0.497 e. The molecule has 1 atom stereocenters. The van der Waals surface area contributed by atoms with Gasteiger partial charge in [-0.1, -0.05) is 11.6 Å². The van der Waals surface area contributed by atoms with Crippen LogP contribution in [0.4, 0.5) is 5.69 Å². The average Bonchev–Trinajstić information content (AvgIpc) is 2.96. The lowest BCUT2D eigenvalue weighted by Gasteiger charge is -2.28. The average molecular weight is 378 g/mol. The van der Waals surface area contributed by atoms with Crippen LogP contribution in [0.3, 0.4) is 0 Å². The van der Waals surface area contributed by atoms with Crippen LogP contribution >= 0.6 is 11.6 Å². The summed E-state index contributed by atoms with van der Waals surface area (Å²) in [7, 11) is -1.76. The lowest BCUT2D eigenvalue weighted by atomic mass is 10.1. The summed E-state index contributed by atoms with van der Waals surface area (Å²) < 4.78 is 28.7. The number of carbonyl (C=O) groups excluding carboxylic acids is 1. The van der Waals surface area contributed by atoms with Crippen molar-refractivity contribution in [3.8, 4) is 5.75 Å². The van der Waals surface area contributed by atoms with E-state index in [2.05, 4.69) is 0 Å². The van der Waals surface area contributed by atoms with Gasteiger partial charge < -0.3 is 9.64 Å². The minimum Gasteiger partial charge on any atom is -0.497 e. The highest BCUT2D eigenvalue weighted by Gasteiger charge is 2.32. The van der Waals surface area contributed by atoms with Crippen LogP contribution in [0.25, 0.3) is 0 Å². The molecule has 2 aromatic rings. The van der Waals surface area contributed by atoms with Gasteiger partial charge in [0, 0.05) is 21.7 Å². The number of hydrogen-bond donors (Lipinski definition) is 0. The van der Waals surface area contributed by atoms with Crippen molar-refractivity contribution < 1.29 is 17.9 Å². The molecule has 5 nitrogen and oxygen atoms in total. The number of amides is 1. The first-order chi connectivity index (χ1) is 11.9. The van der Waals surface area contributed by atoms with E-state index >= 15 is 0 Å². The molecule has 0 aromatic heterocycles. The van der Waals surface area contributed by atoms with E-state index in [0.29, 0.717) is 22.0 Å². The van der Waals surface area contributed by atoms with Gasteiger partial charge in [-0.3, -0.25) is 4.79 Å². The van der Waals surface area contributed by atoms with Crippen molar-refractivity contribution in [2.45, 2.75) is 6.04 Å². The summed E-state index contributed by atoms with van der Waals surface area (Å²) in [5.74, 6) is 0.201. The number of ether oxygens (including phenoxy) is 1. The highest BCUT2D eigenvalue weighted by Crippen LogP contribution is 2.26. The summed E-state index contributed by atoms with van der Waals surface area (Å²) in [5, 5.41) is 1.69. The predicted molar refractivity (Wildman–Crippen MR) is 98.0 cm³/mol. The van der Waals surface area contributed by atoms with E-state index in [9.17, 15) is 13.2 Å². The third-order valence-corrected chi connectivity index (χ3v) is 5.53. The van der Waals surface area contributed by atoms with E-state index in [0.717, 1.165) is 5.41 Å². The maximum absolute atomic E-state index is 13.1. The Bertz CT molecular complexity index is 905. The molecule has 3 rings (SSSR count). The Hall–Kier alpha value is -2.31. The van der Waals surface area contributed by atoms with Crippen LogP contribution in [0.2, 0.25) is 5.02 Å². The minimum atomic E-state index is -3.30. The normalized spacial score (nSPS) is 18.1. The molecule has 1 amide bonds. The molecular weight excluding hydrogens is 362 g/mol. The molecule has 0 aliphatic carbocycles. The maximum atomic E-state index is 13.1. The van der Waals surface area contributed by atoms with Gasteiger partial charge in [0.25, 0.3) is 5.91 Å². The van der Waals surface area contributed by atoms with Gasteiger partial charge in [-0.2, -0.15) is 0 Å². The maximum Gasteiger partial charge on any atom is 0.258 e. The molecular formula is C18H16ClNO4S. The minimum absolute atomic E-state index is 0.141. The quantitative estimate of drug-likeness (QED) is 0.820. The Morgan fingerprint density at radius 1 is 1.12 bits per heavy atom. The fourth-order valence-corrected chi connectivity index (χ4v) is 4.05. The molecule has 1 aliphatic rings. The van der Waals surface area contributed by atoms with Gasteiger partial charge >= 0.3 is 0 Å². The Morgan fingerprint density at radius 2 is 1.76 bits per heavy atom. The first-order valence-corrected chi connectivity index (χ1v) is 9.63. The van der Waals surface area contributed by atoms with Crippen molar-refractivity contribution in [2.24, 2.45) is 0 Å². The Morgan fingerprint density at radius 3 is 2.28 bits per heavy atom. The lowest BCUT2D eigenvalue weighted by Crippen LogP contribution is -2.41. The lowest BCUT2D eigenvalue weighted by molar-refractivity contribution is 0.0983. The van der Waals surface area contributed by atoms with Crippen molar-refractivity contribution in [3.05, 3.63) is 70.6 Å². The molecule has 0 fully saturated rings. The highest BCUT2D eigenvalue weighted by atomic mass is 35.5. The summed E-state index contributed by atoms with van der Waals surface area (Å²) >= 11 is 5.92. The van der Waals surface area contributed by atoms with Gasteiger partial charge in [-0.05, 0) is 54.6 Å². The number of rotatable bonds is 4. The summed E-state index contributed by atoms with van der Waals surface area (Å²) in [6, 6.07) is 12.8. The standard InChI is InChI=1S/C18H16ClNO4S/c1-24-17-8-2-13(3-9-17)18(21)20(15-6-4-14(19)5-7-15)16-10-11-25(22,23)12-16/h2-11,16H,12H2,1H3. The van der Waals surface area contributed by atoms with Crippen LogP contribution < -0.4 is 9.64 Å². The summed E-state index contributed by atoms with van der Waals surface area (Å²) in [5.41, 5.74) is 1.02. The summed E-state index contributed by atoms with van der Waals surface area (Å²) in [4.78, 5) is 14.5. The second-order valence-electron chi connectivity index (χ2n) is 5.61. The predicted octanol–water partition coefficient (Wildman–Crippen LogP) is 3.31. The molecule has 25 heavy (non-hydrogen) atoms. The van der Waals surface area contributed by atoms with Crippen molar-refractivity contribution in [1.82, 2.24) is 0 Å². The summed E-state index contributed by atoms with van der Waals surface area (Å²) in [6.07, 6.45) is 1.53. The Labute approximate surface area is 151 Å². The first kappa shape index (κ1) is 17.5. The molecule has 7 heteroatoms. The zero-order valence-corrected chi connectivity index (χ0v) is 15.0. The number of benzene rings is 2. The fraction of sp³-hybridized carbons (Fsp3) is 0.167. The van der Waals surface area contributed by atoms with Crippen molar-refractivity contribution >= 4 is 33.0 Å². The van der Waals surface area contributed by atoms with E-state index < -0.39 is 15.9 Å². The fourth-order valence-electron chi connectivity index (χ4n) is 2.65. The van der Waals surface area contributed by atoms with Crippen molar-refractivity contribution in [1.29, 1.82) is 0 Å². The zero-order valence-electron chi connectivity index (χ0n) is 13.4. The van der Waals surface area contributed by atoms with Gasteiger partial charge in [0.15, 0.2) is 9.84 Å². The molecule has 1 aliphatic heterocycles. The van der Waals surface area contributed by atoms with Gasteiger partial charge in [-0.25, -0.2) is 8.42 Å². The third-order valence-electron chi connectivity index (χ3n) is 3.90. The van der Waals surface area contributed by atoms with E-state index in [4.69, 9.17) is 16.3 Å². The smallest absolute Gasteiger partial charge is 0.258 e. The Kier molecular flexibility index (Phi) is 4.83. The van der Waals surface area contributed by atoms with Crippen LogP contribution in [0.15, 0.2) is 60.0 Å². The summed E-state index contributed by atoms with van der Waals surface area (Å²) in [6.45, 7) is 0. The van der Waals surface area contributed by atoms with E-state index in [1.54, 1.807) is 55.6 Å². The number of anilines is 1. The monoisotopic (exact) mass is 377 g/mol. The molecule has 2 aromatic carbocycles. The van der Waals surface area contributed by atoms with Crippen LogP contribution in [-0.4, -0.2) is 33.2 Å². The zero-order chi connectivity index (χ0) is 18.0. The van der Waals surface area contributed by atoms with Gasteiger partial charge in [0.1, 0.15) is 5.75 Å². The molecule has 0 bridgehead atoms. The van der Waals surface area contributed by atoms with Gasteiger partial charge in [0.2, 0.25) is 0 Å². The number of nitrogens with zero attached hydrogens (tertiary/aromatic N) is 1. The second-order valence-corrected chi connectivity index (χ2v) is 7.97. The van der Waals surface area contributed by atoms with Crippen molar-refractivity contribution in [3.63, 3.8) is 0 Å². The van der Waals surface area contributed by atoms with Crippen LogP contribution in [0.5, 0.6) is 5.75 Å². The number of methoxy groups -OCH3 is 1. The molecule has 0 radical (unpaired) electrons. The number of hydrogen-bond acceptors (Lipinski definition) is 4. The highest BCUT2D eigenvalue weighted by molar-refractivity contribution is 7.94. The number of sulfone groups is 1. The van der Waals surface area contributed by atoms with Crippen molar-refractivity contribution in [2.75, 3.05) is 17.8 Å². The molecule has 1 heterocycles. The Balaban J connectivity index is 1.99. The molecule has 0 N–H and O–H groups in total. The number of halogens is 1. The third kappa shape index (κ3) is 3.86. The molecule has 0 saturated carbocycles. The van der Waals surface area contributed by atoms with Crippen LogP contribution in [0.1, 0.15) is 10.4 Å².